The first-order chi connectivity index (χ1) is 10.7. The number of benzene rings is 1. The van der Waals surface area contributed by atoms with E-state index in [0.717, 1.165) is 18.4 Å². The number of halogens is 3. The van der Waals surface area contributed by atoms with E-state index in [1.165, 1.54) is 19.2 Å². The molecule has 0 atom stereocenters. The van der Waals surface area contributed by atoms with Crippen LogP contribution in [0, 0.1) is 6.92 Å². The maximum Gasteiger partial charge on any atom is 0.416 e. The van der Waals surface area contributed by atoms with Crippen LogP contribution >= 0.6 is 0 Å². The van der Waals surface area contributed by atoms with Crippen molar-refractivity contribution in [3.63, 3.8) is 0 Å². The van der Waals surface area contributed by atoms with Crippen LogP contribution in [0.4, 0.5) is 13.2 Å². The van der Waals surface area contributed by atoms with Gasteiger partial charge in [-0.2, -0.15) is 13.2 Å². The van der Waals surface area contributed by atoms with Crippen LogP contribution in [-0.4, -0.2) is 24.9 Å². The second-order valence-electron chi connectivity index (χ2n) is 5.77. The second kappa shape index (κ2) is 6.26. The van der Waals surface area contributed by atoms with E-state index in [4.69, 9.17) is 9.47 Å². The topological polar surface area (TPSA) is 35.5 Å². The predicted octanol–water partition coefficient (Wildman–Crippen LogP) is 4.44. The van der Waals surface area contributed by atoms with Crippen molar-refractivity contribution in [2.75, 3.05) is 7.11 Å². The number of hydrogen-bond acceptors (Lipinski definition) is 3. The maximum absolute atomic E-state index is 13.0. The Morgan fingerprint density at radius 2 is 1.87 bits per heavy atom. The van der Waals surface area contributed by atoms with Gasteiger partial charge < -0.3 is 9.47 Å². The molecular formula is C17H19F3O3. The number of aryl methyl sites for hydroxylation is 1. The van der Waals surface area contributed by atoms with E-state index < -0.39 is 23.3 Å². The highest BCUT2D eigenvalue weighted by atomic mass is 19.4. The standard InChI is InChI=1S/C17H19F3O3/c1-11-6-7-13(12(2)17(18,19)20)14(10-11)23-16(15(21)22-3)8-4-5-9-16/h6-7,10H,2,4-5,8-9H2,1,3H3. The largest absolute Gasteiger partial charge is 0.475 e. The molecule has 1 aliphatic carbocycles. The van der Waals surface area contributed by atoms with Crippen LogP contribution < -0.4 is 4.74 Å². The lowest BCUT2D eigenvalue weighted by molar-refractivity contribution is -0.158. The first-order valence-electron chi connectivity index (χ1n) is 7.34. The van der Waals surface area contributed by atoms with Crippen molar-refractivity contribution in [1.82, 2.24) is 0 Å². The highest BCUT2D eigenvalue weighted by Gasteiger charge is 2.46. The Labute approximate surface area is 133 Å². The van der Waals surface area contributed by atoms with Gasteiger partial charge in [-0.3, -0.25) is 0 Å². The molecule has 0 N–H and O–H groups in total. The summed E-state index contributed by atoms with van der Waals surface area (Å²) in [4.78, 5) is 12.1. The van der Waals surface area contributed by atoms with Crippen molar-refractivity contribution < 1.29 is 27.4 Å². The molecule has 1 aromatic rings. The number of esters is 1. The zero-order valence-electron chi connectivity index (χ0n) is 13.1. The summed E-state index contributed by atoms with van der Waals surface area (Å²) in [6.45, 7) is 4.87. The van der Waals surface area contributed by atoms with Crippen molar-refractivity contribution in [2.45, 2.75) is 44.4 Å². The van der Waals surface area contributed by atoms with Crippen LogP contribution in [0.25, 0.3) is 5.57 Å². The highest BCUT2D eigenvalue weighted by molar-refractivity contribution is 5.81. The average molecular weight is 328 g/mol. The fraction of sp³-hybridized carbons (Fsp3) is 0.471. The lowest BCUT2D eigenvalue weighted by Gasteiger charge is -2.29. The number of alkyl halides is 3. The summed E-state index contributed by atoms with van der Waals surface area (Å²) in [6, 6.07) is 4.37. The predicted molar refractivity (Wildman–Crippen MR) is 80.1 cm³/mol. The first-order valence-corrected chi connectivity index (χ1v) is 7.34. The Hall–Kier alpha value is -1.98. The number of rotatable bonds is 4. The van der Waals surface area contributed by atoms with Crippen LogP contribution in [0.5, 0.6) is 5.75 Å². The molecule has 0 saturated heterocycles. The molecule has 3 nitrogen and oxygen atoms in total. The van der Waals surface area contributed by atoms with Gasteiger partial charge in [-0.05, 0) is 44.2 Å². The number of ether oxygens (including phenoxy) is 2. The third kappa shape index (κ3) is 3.51. The van der Waals surface area contributed by atoms with Crippen LogP contribution in [0.15, 0.2) is 24.8 Å². The van der Waals surface area contributed by atoms with E-state index in [1.807, 2.05) is 0 Å². The Balaban J connectivity index is 2.44. The molecule has 0 amide bonds. The number of allylic oxidation sites excluding steroid dienone is 1. The van der Waals surface area contributed by atoms with E-state index in [2.05, 4.69) is 6.58 Å². The SMILES string of the molecule is C=C(c1ccc(C)cc1OC1(C(=O)OC)CCCC1)C(F)(F)F. The molecule has 126 valence electrons. The normalized spacial score (nSPS) is 16.9. The summed E-state index contributed by atoms with van der Waals surface area (Å²) >= 11 is 0. The Kier molecular flexibility index (Phi) is 4.73. The average Bonchev–Trinajstić information content (AvgIpc) is 2.94. The van der Waals surface area contributed by atoms with Crippen LogP contribution in [0.3, 0.4) is 0 Å². The Bertz CT molecular complexity index is 614. The van der Waals surface area contributed by atoms with Gasteiger partial charge in [0.25, 0.3) is 0 Å². The number of carbonyl (C=O) groups excluding carboxylic acids is 1. The molecule has 0 unspecified atom stereocenters. The second-order valence-corrected chi connectivity index (χ2v) is 5.77. The highest BCUT2D eigenvalue weighted by Crippen LogP contribution is 2.41. The van der Waals surface area contributed by atoms with Gasteiger partial charge >= 0.3 is 12.1 Å². The summed E-state index contributed by atoms with van der Waals surface area (Å²) < 4.78 is 49.6. The van der Waals surface area contributed by atoms with Gasteiger partial charge in [0.05, 0.1) is 12.7 Å². The van der Waals surface area contributed by atoms with E-state index in [1.54, 1.807) is 13.0 Å². The van der Waals surface area contributed by atoms with Gasteiger partial charge in [0, 0.05) is 5.56 Å². The molecule has 1 aliphatic rings. The molecule has 1 aromatic carbocycles. The molecule has 0 radical (unpaired) electrons. The number of carbonyl (C=O) groups is 1. The minimum atomic E-state index is -4.57. The number of hydrogen-bond donors (Lipinski definition) is 0. The van der Waals surface area contributed by atoms with Crippen LogP contribution in [0.1, 0.15) is 36.8 Å². The summed E-state index contributed by atoms with van der Waals surface area (Å²) in [5, 5.41) is 0. The van der Waals surface area contributed by atoms with Gasteiger partial charge in [-0.15, -0.1) is 0 Å². The van der Waals surface area contributed by atoms with Gasteiger partial charge in [0.15, 0.2) is 0 Å². The fourth-order valence-corrected chi connectivity index (χ4v) is 2.81. The van der Waals surface area contributed by atoms with Gasteiger partial charge in [0.2, 0.25) is 5.60 Å². The third-order valence-corrected chi connectivity index (χ3v) is 4.08. The Morgan fingerprint density at radius 3 is 2.39 bits per heavy atom. The summed E-state index contributed by atoms with van der Waals surface area (Å²) in [5.41, 5.74) is -1.64. The lowest BCUT2D eigenvalue weighted by Crippen LogP contribution is -2.43. The summed E-state index contributed by atoms with van der Waals surface area (Å²) in [5.74, 6) is -0.542. The van der Waals surface area contributed by atoms with Crippen molar-refractivity contribution in [3.05, 3.63) is 35.9 Å². The van der Waals surface area contributed by atoms with Gasteiger partial charge in [-0.1, -0.05) is 18.7 Å². The molecule has 23 heavy (non-hydrogen) atoms. The van der Waals surface area contributed by atoms with E-state index in [9.17, 15) is 18.0 Å². The monoisotopic (exact) mass is 328 g/mol. The van der Waals surface area contributed by atoms with E-state index in [-0.39, 0.29) is 11.3 Å². The molecule has 1 fully saturated rings. The zero-order chi connectivity index (χ0) is 17.3. The lowest BCUT2D eigenvalue weighted by atomic mass is 10.00. The smallest absolute Gasteiger partial charge is 0.416 e. The molecule has 0 spiro atoms. The van der Waals surface area contributed by atoms with E-state index >= 15 is 0 Å². The minimum Gasteiger partial charge on any atom is -0.475 e. The van der Waals surface area contributed by atoms with Crippen LogP contribution in [-0.2, 0) is 9.53 Å². The van der Waals surface area contributed by atoms with Crippen molar-refractivity contribution in [2.24, 2.45) is 0 Å². The van der Waals surface area contributed by atoms with Gasteiger partial charge in [0.1, 0.15) is 5.75 Å². The van der Waals surface area contributed by atoms with Gasteiger partial charge in [-0.25, -0.2) is 4.79 Å². The molecule has 0 aliphatic heterocycles. The molecule has 0 heterocycles. The Morgan fingerprint density at radius 1 is 1.26 bits per heavy atom. The molecular weight excluding hydrogens is 309 g/mol. The molecule has 0 aromatic heterocycles. The van der Waals surface area contributed by atoms with E-state index in [0.29, 0.717) is 12.8 Å². The van der Waals surface area contributed by atoms with Crippen molar-refractivity contribution in [3.8, 4) is 5.75 Å². The number of methoxy groups -OCH3 is 1. The molecule has 6 heteroatoms. The molecule has 0 bridgehead atoms. The van der Waals surface area contributed by atoms with Crippen molar-refractivity contribution in [1.29, 1.82) is 0 Å². The fourth-order valence-electron chi connectivity index (χ4n) is 2.81. The maximum atomic E-state index is 13.0. The summed E-state index contributed by atoms with van der Waals surface area (Å²) in [7, 11) is 1.25. The molecule has 1 saturated carbocycles. The third-order valence-electron chi connectivity index (χ3n) is 4.08. The minimum absolute atomic E-state index is 0.0135. The zero-order valence-corrected chi connectivity index (χ0v) is 13.1. The molecule has 2 rings (SSSR count). The quantitative estimate of drug-likeness (QED) is 0.767. The summed E-state index contributed by atoms with van der Waals surface area (Å²) in [6.07, 6.45) is -2.20. The van der Waals surface area contributed by atoms with Crippen LogP contribution in [0.2, 0.25) is 0 Å². The van der Waals surface area contributed by atoms with Crippen molar-refractivity contribution >= 4 is 11.5 Å². The first kappa shape index (κ1) is 17.4.